The van der Waals surface area contributed by atoms with Gasteiger partial charge in [-0.15, -0.1) is 0 Å². The highest BCUT2D eigenvalue weighted by atomic mass is 32.2. The van der Waals surface area contributed by atoms with E-state index in [0.29, 0.717) is 12.6 Å². The highest BCUT2D eigenvalue weighted by Gasteiger charge is 2.16. The van der Waals surface area contributed by atoms with Crippen LogP contribution in [-0.2, 0) is 14.8 Å². The van der Waals surface area contributed by atoms with Crippen LogP contribution in [-0.4, -0.2) is 27.4 Å². The molecule has 0 bridgehead atoms. The normalized spacial score (nSPS) is 11.4. The minimum Gasteiger partial charge on any atom is -0.356 e. The number of rotatable bonds is 8. The van der Waals surface area contributed by atoms with Gasteiger partial charge >= 0.3 is 0 Å². The van der Waals surface area contributed by atoms with Gasteiger partial charge in [0.05, 0.1) is 4.90 Å². The van der Waals surface area contributed by atoms with E-state index in [1.807, 2.05) is 6.92 Å². The van der Waals surface area contributed by atoms with Crippen molar-refractivity contribution in [1.29, 1.82) is 0 Å². The molecule has 2 N–H and O–H groups in total. The number of hydrogen-bond donors (Lipinski definition) is 2. The largest absolute Gasteiger partial charge is 0.356 e. The Labute approximate surface area is 122 Å². The third-order valence-corrected chi connectivity index (χ3v) is 4.16. The first-order valence-corrected chi connectivity index (χ1v) is 8.06. The summed E-state index contributed by atoms with van der Waals surface area (Å²) in [7, 11) is -3.96. The van der Waals surface area contributed by atoms with Crippen LogP contribution in [0.5, 0.6) is 0 Å². The topological polar surface area (TPSA) is 75.3 Å². The molecule has 0 saturated heterocycles. The number of carbonyl (C=O) groups excluding carboxylic acids is 1. The van der Waals surface area contributed by atoms with Crippen molar-refractivity contribution in [2.24, 2.45) is 0 Å². The fourth-order valence-corrected chi connectivity index (χ4v) is 2.56. The van der Waals surface area contributed by atoms with Crippen LogP contribution in [0.25, 0.3) is 0 Å². The van der Waals surface area contributed by atoms with Gasteiger partial charge in [-0.05, 0) is 24.6 Å². The van der Waals surface area contributed by atoms with Crippen LogP contribution < -0.4 is 10.0 Å². The van der Waals surface area contributed by atoms with Gasteiger partial charge in [0.15, 0.2) is 11.6 Å². The van der Waals surface area contributed by atoms with Gasteiger partial charge in [-0.25, -0.2) is 21.9 Å². The predicted octanol–water partition coefficient (Wildman–Crippen LogP) is 1.55. The van der Waals surface area contributed by atoms with Gasteiger partial charge in [0.25, 0.3) is 0 Å². The van der Waals surface area contributed by atoms with E-state index < -0.39 is 21.7 Å². The van der Waals surface area contributed by atoms with Crippen molar-refractivity contribution in [1.82, 2.24) is 10.0 Å². The van der Waals surface area contributed by atoms with Crippen LogP contribution >= 0.6 is 0 Å². The number of nitrogens with one attached hydrogen (secondary N) is 2. The molecule has 1 rings (SSSR count). The molecule has 118 valence electrons. The summed E-state index contributed by atoms with van der Waals surface area (Å²) in [6, 6.07) is 2.29. The van der Waals surface area contributed by atoms with Crippen molar-refractivity contribution in [2.75, 3.05) is 13.1 Å². The molecule has 1 aromatic carbocycles. The van der Waals surface area contributed by atoms with Crippen molar-refractivity contribution in [3.63, 3.8) is 0 Å². The zero-order valence-corrected chi connectivity index (χ0v) is 12.5. The first-order valence-electron chi connectivity index (χ1n) is 6.58. The second kappa shape index (κ2) is 8.04. The maximum absolute atomic E-state index is 13.0. The monoisotopic (exact) mass is 320 g/mol. The summed E-state index contributed by atoms with van der Waals surface area (Å²) >= 11 is 0. The maximum Gasteiger partial charge on any atom is 0.240 e. The van der Waals surface area contributed by atoms with Gasteiger partial charge in [0.1, 0.15) is 0 Å². The molecule has 0 saturated carbocycles. The lowest BCUT2D eigenvalue weighted by molar-refractivity contribution is -0.120. The van der Waals surface area contributed by atoms with E-state index in [1.165, 1.54) is 0 Å². The van der Waals surface area contributed by atoms with E-state index in [0.717, 1.165) is 25.0 Å². The second-order valence-electron chi connectivity index (χ2n) is 4.43. The Morgan fingerprint density at radius 2 is 1.90 bits per heavy atom. The standard InChI is InChI=1S/C13H18F2N2O3S/c1-2-3-7-16-13(18)6-8-17-21(19,20)10-4-5-11(14)12(15)9-10/h4-5,9,17H,2-3,6-8H2,1H3,(H,16,18). The Morgan fingerprint density at radius 1 is 1.19 bits per heavy atom. The van der Waals surface area contributed by atoms with Crippen LogP contribution in [0.1, 0.15) is 26.2 Å². The molecule has 0 radical (unpaired) electrons. The lowest BCUT2D eigenvalue weighted by Crippen LogP contribution is -2.31. The summed E-state index contributed by atoms with van der Waals surface area (Å²) in [5.41, 5.74) is 0. The first-order chi connectivity index (χ1) is 9.86. The van der Waals surface area contributed by atoms with E-state index in [2.05, 4.69) is 10.0 Å². The molecular weight excluding hydrogens is 302 g/mol. The Morgan fingerprint density at radius 3 is 2.52 bits per heavy atom. The fourth-order valence-electron chi connectivity index (χ4n) is 1.52. The summed E-state index contributed by atoms with van der Waals surface area (Å²) in [6.45, 7) is 2.42. The minimum absolute atomic E-state index is 0.0212. The smallest absolute Gasteiger partial charge is 0.240 e. The number of hydrogen-bond acceptors (Lipinski definition) is 3. The average molecular weight is 320 g/mol. The second-order valence-corrected chi connectivity index (χ2v) is 6.19. The zero-order chi connectivity index (χ0) is 15.9. The summed E-state index contributed by atoms with van der Waals surface area (Å²) in [5.74, 6) is -2.63. The molecule has 0 aromatic heterocycles. The van der Waals surface area contributed by atoms with Crippen LogP contribution in [0, 0.1) is 11.6 Å². The number of benzene rings is 1. The summed E-state index contributed by atoms with van der Waals surface area (Å²) in [6.07, 6.45) is 1.78. The molecular formula is C13H18F2N2O3S. The van der Waals surface area contributed by atoms with Gasteiger partial charge in [0, 0.05) is 19.5 Å². The zero-order valence-electron chi connectivity index (χ0n) is 11.7. The summed E-state index contributed by atoms with van der Waals surface area (Å²) in [4.78, 5) is 11.0. The van der Waals surface area contributed by atoms with E-state index in [4.69, 9.17) is 0 Å². The van der Waals surface area contributed by atoms with Gasteiger partial charge in [0.2, 0.25) is 15.9 Å². The molecule has 0 aliphatic heterocycles. The summed E-state index contributed by atoms with van der Waals surface area (Å²) in [5, 5.41) is 2.64. The molecule has 0 atom stereocenters. The van der Waals surface area contributed by atoms with Crippen molar-refractivity contribution in [2.45, 2.75) is 31.1 Å². The number of unbranched alkanes of at least 4 members (excludes halogenated alkanes) is 1. The van der Waals surface area contributed by atoms with Crippen LogP contribution in [0.3, 0.4) is 0 Å². The van der Waals surface area contributed by atoms with Gasteiger partial charge in [-0.3, -0.25) is 4.79 Å². The minimum atomic E-state index is -3.96. The lowest BCUT2D eigenvalue weighted by atomic mass is 10.3. The molecule has 0 spiro atoms. The van der Waals surface area contributed by atoms with Gasteiger partial charge in [-0.2, -0.15) is 0 Å². The van der Waals surface area contributed by atoms with Gasteiger partial charge in [-0.1, -0.05) is 13.3 Å². The van der Waals surface area contributed by atoms with E-state index >= 15 is 0 Å². The molecule has 0 aliphatic rings. The molecule has 0 fully saturated rings. The van der Waals surface area contributed by atoms with E-state index in [9.17, 15) is 22.0 Å². The Bertz CT molecular complexity index is 591. The highest BCUT2D eigenvalue weighted by molar-refractivity contribution is 7.89. The van der Waals surface area contributed by atoms with Crippen LogP contribution in [0.2, 0.25) is 0 Å². The molecule has 1 aromatic rings. The number of sulfonamides is 1. The van der Waals surface area contributed by atoms with Gasteiger partial charge < -0.3 is 5.32 Å². The third kappa shape index (κ3) is 5.76. The van der Waals surface area contributed by atoms with Crippen molar-refractivity contribution in [3.8, 4) is 0 Å². The molecule has 1 amide bonds. The predicted molar refractivity (Wildman–Crippen MR) is 74.1 cm³/mol. The molecule has 0 aliphatic carbocycles. The SMILES string of the molecule is CCCCNC(=O)CCNS(=O)(=O)c1ccc(F)c(F)c1. The Kier molecular flexibility index (Phi) is 6.70. The Hall–Kier alpha value is -1.54. The van der Waals surface area contributed by atoms with E-state index in [1.54, 1.807) is 0 Å². The van der Waals surface area contributed by atoms with Crippen LogP contribution in [0.4, 0.5) is 8.78 Å². The quantitative estimate of drug-likeness (QED) is 0.714. The van der Waals surface area contributed by atoms with Crippen molar-refractivity contribution < 1.29 is 22.0 Å². The number of amides is 1. The fraction of sp³-hybridized carbons (Fsp3) is 0.462. The van der Waals surface area contributed by atoms with Crippen molar-refractivity contribution >= 4 is 15.9 Å². The Balaban J connectivity index is 2.50. The number of halogens is 2. The molecule has 0 unspecified atom stereocenters. The third-order valence-electron chi connectivity index (χ3n) is 2.70. The highest BCUT2D eigenvalue weighted by Crippen LogP contribution is 2.13. The average Bonchev–Trinajstić information content (AvgIpc) is 2.42. The number of carbonyl (C=O) groups is 1. The maximum atomic E-state index is 13.0. The molecule has 8 heteroatoms. The molecule has 0 heterocycles. The first kappa shape index (κ1) is 17.5. The van der Waals surface area contributed by atoms with E-state index in [-0.39, 0.29) is 23.8 Å². The lowest BCUT2D eigenvalue weighted by Gasteiger charge is -2.07. The van der Waals surface area contributed by atoms with Crippen LogP contribution in [0.15, 0.2) is 23.1 Å². The van der Waals surface area contributed by atoms with Crippen molar-refractivity contribution in [3.05, 3.63) is 29.8 Å². The summed E-state index contributed by atoms with van der Waals surface area (Å²) < 4.78 is 51.5. The molecule has 5 nitrogen and oxygen atoms in total. The molecule has 21 heavy (non-hydrogen) atoms.